The molecule has 0 saturated carbocycles. The Bertz CT molecular complexity index is 1090. The third kappa shape index (κ3) is 3.59. The summed E-state index contributed by atoms with van der Waals surface area (Å²) in [5, 5.41) is 0.710. The molecule has 27 heavy (non-hydrogen) atoms. The summed E-state index contributed by atoms with van der Waals surface area (Å²) in [7, 11) is 0. The van der Waals surface area contributed by atoms with E-state index in [1.54, 1.807) is 28.6 Å². The molecule has 4 aromatic rings. The molecule has 0 atom stereocenters. The van der Waals surface area contributed by atoms with Gasteiger partial charge in [0.1, 0.15) is 0 Å². The quantitative estimate of drug-likeness (QED) is 0.497. The maximum atomic E-state index is 13.3. The highest BCUT2D eigenvalue weighted by Crippen LogP contribution is 2.32. The summed E-state index contributed by atoms with van der Waals surface area (Å²) in [6.07, 6.45) is 3.48. The van der Waals surface area contributed by atoms with Crippen molar-refractivity contribution in [2.24, 2.45) is 0 Å². The van der Waals surface area contributed by atoms with Gasteiger partial charge in [0.15, 0.2) is 5.13 Å². The van der Waals surface area contributed by atoms with Gasteiger partial charge in [0, 0.05) is 18.0 Å². The Labute approximate surface area is 162 Å². The van der Waals surface area contributed by atoms with Gasteiger partial charge < -0.3 is 0 Å². The Balaban J connectivity index is 1.78. The van der Waals surface area contributed by atoms with E-state index >= 15 is 0 Å². The molecule has 0 fully saturated rings. The third-order valence-corrected chi connectivity index (χ3v) is 5.52. The van der Waals surface area contributed by atoms with Crippen molar-refractivity contribution >= 4 is 32.6 Å². The smallest absolute Gasteiger partial charge is 0.260 e. The number of carbonyl (C=O) groups excluding carboxylic acids is 1. The van der Waals surface area contributed by atoms with Crippen molar-refractivity contribution in [3.63, 3.8) is 0 Å². The number of hydrogen-bond donors (Lipinski definition) is 0. The van der Waals surface area contributed by atoms with Crippen molar-refractivity contribution in [1.29, 1.82) is 0 Å². The highest BCUT2D eigenvalue weighted by molar-refractivity contribution is 7.22. The molecule has 2 aromatic heterocycles. The van der Waals surface area contributed by atoms with E-state index in [1.165, 1.54) is 0 Å². The van der Waals surface area contributed by atoms with E-state index < -0.39 is 0 Å². The van der Waals surface area contributed by atoms with Crippen LogP contribution < -0.4 is 4.90 Å². The summed E-state index contributed by atoms with van der Waals surface area (Å²) >= 11 is 1.54. The molecule has 0 N–H and O–H groups in total. The van der Waals surface area contributed by atoms with E-state index in [0.29, 0.717) is 17.2 Å². The third-order valence-electron chi connectivity index (χ3n) is 4.47. The molecule has 1 amide bonds. The average Bonchev–Trinajstić information content (AvgIpc) is 3.12. The first kappa shape index (κ1) is 17.4. The Morgan fingerprint density at radius 3 is 2.44 bits per heavy atom. The molecular formula is C22H19N3OS. The molecule has 134 valence electrons. The van der Waals surface area contributed by atoms with Crippen molar-refractivity contribution in [2.45, 2.75) is 20.4 Å². The zero-order chi connectivity index (χ0) is 18.8. The Morgan fingerprint density at radius 2 is 1.74 bits per heavy atom. The lowest BCUT2D eigenvalue weighted by Gasteiger charge is -2.20. The number of nitrogens with zero attached hydrogens (tertiary/aromatic N) is 3. The minimum absolute atomic E-state index is 0.0523. The minimum atomic E-state index is -0.0523. The van der Waals surface area contributed by atoms with Crippen LogP contribution in [0.2, 0.25) is 0 Å². The number of aromatic nitrogens is 2. The van der Waals surface area contributed by atoms with E-state index in [9.17, 15) is 4.79 Å². The Morgan fingerprint density at radius 1 is 1.00 bits per heavy atom. The molecule has 2 heterocycles. The fourth-order valence-corrected chi connectivity index (χ4v) is 3.98. The van der Waals surface area contributed by atoms with Crippen molar-refractivity contribution in [3.05, 3.63) is 89.2 Å². The fraction of sp³-hybridized carbons (Fsp3) is 0.136. The monoisotopic (exact) mass is 373 g/mol. The Kier molecular flexibility index (Phi) is 4.69. The van der Waals surface area contributed by atoms with Crippen LogP contribution in [0.15, 0.2) is 67.0 Å². The second-order valence-corrected chi connectivity index (χ2v) is 7.54. The second-order valence-electron chi connectivity index (χ2n) is 6.53. The molecule has 0 saturated heterocycles. The van der Waals surface area contributed by atoms with Crippen LogP contribution in [0.4, 0.5) is 5.13 Å². The molecule has 0 unspecified atom stereocenters. The van der Waals surface area contributed by atoms with Crippen molar-refractivity contribution in [2.75, 3.05) is 4.90 Å². The van der Waals surface area contributed by atoms with Gasteiger partial charge in [-0.05, 0) is 55.3 Å². The molecule has 0 spiro atoms. The van der Waals surface area contributed by atoms with Gasteiger partial charge in [0.05, 0.1) is 16.8 Å². The lowest BCUT2D eigenvalue weighted by atomic mass is 10.1. The van der Waals surface area contributed by atoms with E-state index in [-0.39, 0.29) is 5.91 Å². The summed E-state index contributed by atoms with van der Waals surface area (Å²) < 4.78 is 1.08. The predicted octanol–water partition coefficient (Wildman–Crippen LogP) is 5.16. The largest absolute Gasteiger partial charge is 0.279 e. The number of para-hydroxylation sites is 1. The molecular weight excluding hydrogens is 354 g/mol. The number of carbonyl (C=O) groups is 1. The molecule has 0 aliphatic rings. The number of pyridine rings is 1. The first-order valence-electron chi connectivity index (χ1n) is 8.75. The summed E-state index contributed by atoms with van der Waals surface area (Å²) in [6, 6.07) is 17.6. The molecule has 2 aromatic carbocycles. The van der Waals surface area contributed by atoms with Gasteiger partial charge in [-0.15, -0.1) is 0 Å². The molecule has 5 heteroatoms. The lowest BCUT2D eigenvalue weighted by molar-refractivity contribution is 0.0985. The van der Waals surface area contributed by atoms with E-state index in [1.807, 2.05) is 68.4 Å². The maximum Gasteiger partial charge on any atom is 0.260 e. The van der Waals surface area contributed by atoms with E-state index in [2.05, 4.69) is 4.98 Å². The van der Waals surface area contributed by atoms with Crippen LogP contribution >= 0.6 is 11.3 Å². The average molecular weight is 373 g/mol. The van der Waals surface area contributed by atoms with Gasteiger partial charge in [-0.2, -0.15) is 0 Å². The van der Waals surface area contributed by atoms with Crippen molar-refractivity contribution < 1.29 is 4.79 Å². The van der Waals surface area contributed by atoms with Crippen LogP contribution in [-0.2, 0) is 6.54 Å². The number of amides is 1. The van der Waals surface area contributed by atoms with Crippen LogP contribution in [-0.4, -0.2) is 15.9 Å². The van der Waals surface area contributed by atoms with Gasteiger partial charge in [-0.1, -0.05) is 41.2 Å². The summed E-state index contributed by atoms with van der Waals surface area (Å²) in [5.41, 5.74) is 4.87. The first-order valence-corrected chi connectivity index (χ1v) is 9.57. The number of benzene rings is 2. The highest BCUT2D eigenvalue weighted by Gasteiger charge is 2.22. The molecule has 4 rings (SSSR count). The van der Waals surface area contributed by atoms with E-state index in [0.717, 1.165) is 26.9 Å². The SMILES string of the molecule is Cc1ccc(C(=O)N(Cc2ccncc2)c2nc3c(C)cccc3s2)cc1. The van der Waals surface area contributed by atoms with E-state index in [4.69, 9.17) is 4.98 Å². The molecule has 0 bridgehead atoms. The number of hydrogen-bond acceptors (Lipinski definition) is 4. The van der Waals surface area contributed by atoms with Gasteiger partial charge in [0.25, 0.3) is 5.91 Å². The van der Waals surface area contributed by atoms with Crippen LogP contribution in [0.25, 0.3) is 10.2 Å². The second kappa shape index (κ2) is 7.29. The standard InChI is InChI=1S/C22H19N3OS/c1-15-6-8-18(9-7-15)21(26)25(14-17-10-12-23-13-11-17)22-24-20-16(2)4-3-5-19(20)27-22/h3-13H,14H2,1-2H3. The zero-order valence-corrected chi connectivity index (χ0v) is 16.0. The van der Waals surface area contributed by atoms with Crippen molar-refractivity contribution in [3.8, 4) is 0 Å². The predicted molar refractivity (Wildman–Crippen MR) is 110 cm³/mol. The normalized spacial score (nSPS) is 10.9. The minimum Gasteiger partial charge on any atom is -0.279 e. The lowest BCUT2D eigenvalue weighted by Crippen LogP contribution is -2.30. The molecule has 0 aliphatic carbocycles. The van der Waals surface area contributed by atoms with Gasteiger partial charge in [-0.25, -0.2) is 4.98 Å². The summed E-state index contributed by atoms with van der Waals surface area (Å²) in [6.45, 7) is 4.51. The van der Waals surface area contributed by atoms with Gasteiger partial charge in [-0.3, -0.25) is 14.7 Å². The topological polar surface area (TPSA) is 46.1 Å². The Hall–Kier alpha value is -3.05. The molecule has 0 aliphatic heterocycles. The van der Waals surface area contributed by atoms with Crippen LogP contribution in [0.5, 0.6) is 0 Å². The van der Waals surface area contributed by atoms with Crippen LogP contribution in [0.1, 0.15) is 27.0 Å². The summed E-state index contributed by atoms with van der Waals surface area (Å²) in [4.78, 5) is 23.9. The van der Waals surface area contributed by atoms with Crippen LogP contribution in [0, 0.1) is 13.8 Å². The maximum absolute atomic E-state index is 13.3. The molecule has 0 radical (unpaired) electrons. The molecule has 4 nitrogen and oxygen atoms in total. The number of anilines is 1. The first-order chi connectivity index (χ1) is 13.1. The van der Waals surface area contributed by atoms with Crippen LogP contribution in [0.3, 0.4) is 0 Å². The van der Waals surface area contributed by atoms with Crippen molar-refractivity contribution in [1.82, 2.24) is 9.97 Å². The number of fused-ring (bicyclic) bond motifs is 1. The van der Waals surface area contributed by atoms with Gasteiger partial charge >= 0.3 is 0 Å². The number of rotatable bonds is 4. The number of thiazole rings is 1. The number of aryl methyl sites for hydroxylation is 2. The summed E-state index contributed by atoms with van der Waals surface area (Å²) in [5.74, 6) is -0.0523. The van der Waals surface area contributed by atoms with Gasteiger partial charge in [0.2, 0.25) is 0 Å². The zero-order valence-electron chi connectivity index (χ0n) is 15.2. The highest BCUT2D eigenvalue weighted by atomic mass is 32.1. The fourth-order valence-electron chi connectivity index (χ4n) is 2.94.